The molecule has 3 heterocycles. The summed E-state index contributed by atoms with van der Waals surface area (Å²) in [6.45, 7) is 9.83. The molecule has 190 valence electrons. The number of aryl methyl sites for hydroxylation is 2. The molecule has 1 aromatic heterocycles. The topological polar surface area (TPSA) is 70.5 Å². The van der Waals surface area contributed by atoms with Crippen molar-refractivity contribution in [1.82, 2.24) is 19.8 Å². The fourth-order valence-corrected chi connectivity index (χ4v) is 5.59. The largest absolute Gasteiger partial charge is 0.366 e. The molecule has 3 aromatic rings. The summed E-state index contributed by atoms with van der Waals surface area (Å²) in [5.41, 5.74) is 3.80. The fourth-order valence-electron chi connectivity index (χ4n) is 5.59. The Hall–Kier alpha value is -3.19. The minimum atomic E-state index is -0.105. The summed E-state index contributed by atoms with van der Waals surface area (Å²) in [5.74, 6) is 0.741. The van der Waals surface area contributed by atoms with Gasteiger partial charge in [0.2, 0.25) is 0 Å². The third kappa shape index (κ3) is 5.31. The molecule has 0 spiro atoms. The highest BCUT2D eigenvalue weighted by Crippen LogP contribution is 2.22. The molecule has 2 aliphatic heterocycles. The summed E-state index contributed by atoms with van der Waals surface area (Å²) >= 11 is 0. The number of amides is 1. The van der Waals surface area contributed by atoms with Gasteiger partial charge < -0.3 is 10.2 Å². The van der Waals surface area contributed by atoms with Gasteiger partial charge in [-0.15, -0.1) is 0 Å². The molecule has 1 saturated heterocycles. The van der Waals surface area contributed by atoms with Gasteiger partial charge in [-0.25, -0.2) is 4.98 Å². The second-order valence-corrected chi connectivity index (χ2v) is 10.3. The number of nitrogens with zero attached hydrogens (tertiary/aromatic N) is 4. The Labute approximate surface area is 213 Å². The smallest absolute Gasteiger partial charge is 0.261 e. The van der Waals surface area contributed by atoms with Crippen LogP contribution in [-0.2, 0) is 13.0 Å². The molecule has 0 aliphatic carbocycles. The molecular weight excluding hydrogens is 450 g/mol. The van der Waals surface area contributed by atoms with Crippen LogP contribution in [0.3, 0.4) is 0 Å². The number of hydrogen-bond donors (Lipinski definition) is 1. The van der Waals surface area contributed by atoms with Crippen molar-refractivity contribution >= 4 is 22.5 Å². The van der Waals surface area contributed by atoms with Gasteiger partial charge in [-0.05, 0) is 75.5 Å². The summed E-state index contributed by atoms with van der Waals surface area (Å²) < 4.78 is 1.82. The van der Waals surface area contributed by atoms with Crippen molar-refractivity contribution in [3.63, 3.8) is 0 Å². The van der Waals surface area contributed by atoms with E-state index >= 15 is 0 Å². The van der Waals surface area contributed by atoms with Crippen LogP contribution in [0.1, 0.15) is 54.4 Å². The molecule has 0 saturated carbocycles. The van der Waals surface area contributed by atoms with Gasteiger partial charge in [0.25, 0.3) is 11.5 Å². The van der Waals surface area contributed by atoms with Crippen LogP contribution in [0.15, 0.2) is 47.3 Å². The van der Waals surface area contributed by atoms with Gasteiger partial charge in [0, 0.05) is 56.4 Å². The average molecular weight is 488 g/mol. The van der Waals surface area contributed by atoms with E-state index in [0.29, 0.717) is 29.1 Å². The van der Waals surface area contributed by atoms with Crippen molar-refractivity contribution in [3.05, 3.63) is 69.8 Å². The van der Waals surface area contributed by atoms with Crippen molar-refractivity contribution in [1.29, 1.82) is 0 Å². The maximum Gasteiger partial charge on any atom is 0.261 e. The average Bonchev–Trinajstić information content (AvgIpc) is 3.12. The van der Waals surface area contributed by atoms with Gasteiger partial charge in [0.1, 0.15) is 5.82 Å². The summed E-state index contributed by atoms with van der Waals surface area (Å²) in [4.78, 5) is 35.5. The molecule has 2 aromatic carbocycles. The Morgan fingerprint density at radius 2 is 1.97 bits per heavy atom. The van der Waals surface area contributed by atoms with Crippen molar-refractivity contribution < 1.29 is 4.79 Å². The monoisotopic (exact) mass is 487 g/mol. The number of hydrogen-bond acceptors (Lipinski definition) is 5. The lowest BCUT2D eigenvalue weighted by atomic mass is 10.1. The van der Waals surface area contributed by atoms with Crippen molar-refractivity contribution in [3.8, 4) is 0 Å². The quantitative estimate of drug-likeness (QED) is 0.536. The van der Waals surface area contributed by atoms with Gasteiger partial charge in [0.05, 0.1) is 10.9 Å². The molecule has 2 aliphatic rings. The lowest BCUT2D eigenvalue weighted by molar-refractivity contribution is 0.0951. The summed E-state index contributed by atoms with van der Waals surface area (Å²) in [7, 11) is 0. The highest BCUT2D eigenvalue weighted by atomic mass is 16.1. The third-order valence-corrected chi connectivity index (χ3v) is 7.56. The van der Waals surface area contributed by atoms with Crippen LogP contribution < -0.4 is 15.8 Å². The fraction of sp³-hybridized carbons (Fsp3) is 0.483. The molecule has 0 radical (unpaired) electrons. The first-order chi connectivity index (χ1) is 17.5. The predicted octanol–water partition coefficient (Wildman–Crippen LogP) is 3.76. The van der Waals surface area contributed by atoms with E-state index in [1.165, 1.54) is 11.3 Å². The van der Waals surface area contributed by atoms with Gasteiger partial charge >= 0.3 is 0 Å². The zero-order valence-electron chi connectivity index (χ0n) is 21.5. The molecule has 7 nitrogen and oxygen atoms in total. The SMILES string of the molecule is Cc1cccc(N2CCN(CCCNC(=O)c3ccc4c(=O)n5c(nc4c3)CCCCC5)C[C@H]2C)c1. The molecule has 5 rings (SSSR count). The molecule has 0 unspecified atom stereocenters. The van der Waals surface area contributed by atoms with E-state index in [0.717, 1.165) is 70.7 Å². The molecule has 36 heavy (non-hydrogen) atoms. The van der Waals surface area contributed by atoms with Gasteiger partial charge in [0.15, 0.2) is 0 Å². The number of carbonyl (C=O) groups excluding carboxylic acids is 1. The van der Waals surface area contributed by atoms with E-state index in [4.69, 9.17) is 4.98 Å². The Bertz CT molecular complexity index is 1300. The molecule has 1 amide bonds. The van der Waals surface area contributed by atoms with E-state index in [1.54, 1.807) is 18.2 Å². The van der Waals surface area contributed by atoms with Gasteiger partial charge in [-0.3, -0.25) is 19.1 Å². The minimum Gasteiger partial charge on any atom is -0.366 e. The lowest BCUT2D eigenvalue weighted by Gasteiger charge is -2.41. The Morgan fingerprint density at radius 1 is 1.08 bits per heavy atom. The Kier molecular flexibility index (Phi) is 7.37. The molecule has 1 N–H and O–H groups in total. The van der Waals surface area contributed by atoms with Crippen LogP contribution in [0, 0.1) is 6.92 Å². The number of anilines is 1. The van der Waals surface area contributed by atoms with E-state index in [1.807, 2.05) is 4.57 Å². The van der Waals surface area contributed by atoms with Crippen molar-refractivity contribution in [2.45, 2.75) is 58.5 Å². The Balaban J connectivity index is 1.13. The normalized spacial score (nSPS) is 18.6. The maximum atomic E-state index is 12.9. The van der Waals surface area contributed by atoms with Gasteiger partial charge in [-0.1, -0.05) is 18.6 Å². The molecule has 1 fully saturated rings. The summed E-state index contributed by atoms with van der Waals surface area (Å²) in [6.07, 6.45) is 4.91. The molecule has 0 bridgehead atoms. The Morgan fingerprint density at radius 3 is 2.81 bits per heavy atom. The van der Waals surface area contributed by atoms with Crippen LogP contribution in [0.2, 0.25) is 0 Å². The van der Waals surface area contributed by atoms with Crippen molar-refractivity contribution in [2.75, 3.05) is 37.6 Å². The number of aromatic nitrogens is 2. The summed E-state index contributed by atoms with van der Waals surface area (Å²) in [6, 6.07) is 14.5. The molecule has 7 heteroatoms. The van der Waals surface area contributed by atoms with Crippen LogP contribution in [0.5, 0.6) is 0 Å². The van der Waals surface area contributed by atoms with E-state index in [-0.39, 0.29) is 11.5 Å². The third-order valence-electron chi connectivity index (χ3n) is 7.56. The van der Waals surface area contributed by atoms with Crippen LogP contribution in [0.25, 0.3) is 10.9 Å². The first-order valence-corrected chi connectivity index (χ1v) is 13.4. The maximum absolute atomic E-state index is 12.9. The summed E-state index contributed by atoms with van der Waals surface area (Å²) in [5, 5.41) is 3.65. The van der Waals surface area contributed by atoms with Crippen LogP contribution >= 0.6 is 0 Å². The second kappa shape index (κ2) is 10.8. The van der Waals surface area contributed by atoms with Crippen LogP contribution in [0.4, 0.5) is 5.69 Å². The first-order valence-electron chi connectivity index (χ1n) is 13.4. The van der Waals surface area contributed by atoms with E-state index in [9.17, 15) is 9.59 Å². The lowest BCUT2D eigenvalue weighted by Crippen LogP contribution is -2.52. The molecular formula is C29H37N5O2. The highest BCUT2D eigenvalue weighted by Gasteiger charge is 2.23. The number of piperazine rings is 1. The molecule has 1 atom stereocenters. The minimum absolute atomic E-state index is 0.0144. The van der Waals surface area contributed by atoms with Crippen molar-refractivity contribution in [2.24, 2.45) is 0 Å². The highest BCUT2D eigenvalue weighted by molar-refractivity contribution is 5.97. The zero-order valence-corrected chi connectivity index (χ0v) is 21.5. The predicted molar refractivity (Wildman–Crippen MR) is 145 cm³/mol. The zero-order chi connectivity index (χ0) is 25.1. The first kappa shape index (κ1) is 24.5. The number of nitrogens with one attached hydrogen (secondary N) is 1. The van der Waals surface area contributed by atoms with Crippen LogP contribution in [-0.4, -0.2) is 59.1 Å². The van der Waals surface area contributed by atoms with Gasteiger partial charge in [-0.2, -0.15) is 0 Å². The second-order valence-electron chi connectivity index (χ2n) is 10.3. The number of rotatable bonds is 6. The van der Waals surface area contributed by atoms with E-state index < -0.39 is 0 Å². The number of fused-ring (bicyclic) bond motifs is 2. The standard InChI is InChI=1S/C29H37N5O2/c1-21-8-6-9-24(18-21)33-17-16-32(20-22(33)2)14-7-13-30-28(35)23-11-12-25-26(19-23)31-27-10-4-3-5-15-34(27)29(25)36/h6,8-9,11-12,18-19,22H,3-5,7,10,13-17,20H2,1-2H3,(H,30,35)/t22-/m1/s1. The number of benzene rings is 2. The number of carbonyl (C=O) groups is 1. The van der Waals surface area contributed by atoms with E-state index in [2.05, 4.69) is 53.2 Å².